The van der Waals surface area contributed by atoms with E-state index in [4.69, 9.17) is 9.47 Å². The fourth-order valence-corrected chi connectivity index (χ4v) is 4.59. The molecule has 6 heteroatoms. The second-order valence-electron chi connectivity index (χ2n) is 8.63. The Morgan fingerprint density at radius 1 is 1.03 bits per heavy atom. The van der Waals surface area contributed by atoms with Gasteiger partial charge in [-0.25, -0.2) is 4.79 Å². The summed E-state index contributed by atoms with van der Waals surface area (Å²) in [6, 6.07) is 16.7. The third kappa shape index (κ3) is 4.58. The monoisotopic (exact) mass is 423 g/mol. The lowest BCUT2D eigenvalue weighted by molar-refractivity contribution is 0.00695. The topological polar surface area (TPSA) is 45.2 Å². The number of rotatable bonds is 4. The van der Waals surface area contributed by atoms with E-state index in [1.54, 1.807) is 4.90 Å². The molecule has 31 heavy (non-hydrogen) atoms. The van der Waals surface area contributed by atoms with Crippen LogP contribution in [0.15, 0.2) is 48.5 Å². The average molecular weight is 424 g/mol. The predicted molar refractivity (Wildman–Crippen MR) is 123 cm³/mol. The normalized spacial score (nSPS) is 17.5. The zero-order valence-electron chi connectivity index (χ0n) is 18.8. The Hall–Kier alpha value is -2.89. The van der Waals surface area contributed by atoms with E-state index in [0.717, 1.165) is 62.6 Å². The van der Waals surface area contributed by atoms with Gasteiger partial charge in [0.05, 0.1) is 12.3 Å². The van der Waals surface area contributed by atoms with Crippen LogP contribution in [-0.2, 0) is 6.54 Å². The van der Waals surface area contributed by atoms with Gasteiger partial charge in [0.25, 0.3) is 0 Å². The van der Waals surface area contributed by atoms with E-state index in [9.17, 15) is 4.79 Å². The molecule has 2 aromatic rings. The number of carbonyl (C=O) groups is 1. The summed E-state index contributed by atoms with van der Waals surface area (Å²) in [6.07, 6.45) is 2.64. The molecule has 0 N–H and O–H groups in total. The van der Waals surface area contributed by atoms with Crippen LogP contribution in [0.1, 0.15) is 31.7 Å². The van der Waals surface area contributed by atoms with Gasteiger partial charge in [-0.1, -0.05) is 30.3 Å². The van der Waals surface area contributed by atoms with Crippen molar-refractivity contribution in [2.45, 2.75) is 38.3 Å². The molecule has 1 fully saturated rings. The first kappa shape index (κ1) is 21.3. The molecule has 0 bridgehead atoms. The molecular formula is C25H33N3O3. The van der Waals surface area contributed by atoms with Crippen molar-refractivity contribution in [1.82, 2.24) is 9.80 Å². The van der Waals surface area contributed by atoms with Crippen LogP contribution >= 0.6 is 0 Å². The number of fused-ring (bicyclic) bond motifs is 1. The number of benzene rings is 2. The van der Waals surface area contributed by atoms with Crippen molar-refractivity contribution in [3.05, 3.63) is 54.1 Å². The molecule has 4 rings (SSSR count). The van der Waals surface area contributed by atoms with Crippen LogP contribution in [0, 0.1) is 0 Å². The van der Waals surface area contributed by atoms with Gasteiger partial charge in [-0.15, -0.1) is 0 Å². The van der Waals surface area contributed by atoms with E-state index >= 15 is 0 Å². The molecule has 166 valence electrons. The van der Waals surface area contributed by atoms with Crippen molar-refractivity contribution in [2.75, 3.05) is 45.2 Å². The van der Waals surface area contributed by atoms with Gasteiger partial charge < -0.3 is 24.2 Å². The minimum Gasteiger partial charge on any atom is -0.494 e. The van der Waals surface area contributed by atoms with Gasteiger partial charge in [-0.05, 0) is 25.1 Å². The maximum atomic E-state index is 12.4. The number of urea groups is 1. The molecule has 0 radical (unpaired) electrons. The summed E-state index contributed by atoms with van der Waals surface area (Å²) in [6.45, 7) is 5.81. The number of para-hydroxylation sites is 3. The SMILES string of the molecule is CCOc1ccccc1CN1CCC2(CCN(C(=O)N(C)C)CC2)Oc2ccccc21. The number of hydrogen-bond acceptors (Lipinski definition) is 4. The van der Waals surface area contributed by atoms with Gasteiger partial charge in [0, 0.05) is 65.1 Å². The molecule has 1 saturated heterocycles. The Kier molecular flexibility index (Phi) is 6.25. The van der Waals surface area contributed by atoms with Crippen LogP contribution < -0.4 is 14.4 Å². The third-order valence-electron chi connectivity index (χ3n) is 6.33. The quantitative estimate of drug-likeness (QED) is 0.732. The number of nitrogens with zero attached hydrogens (tertiary/aromatic N) is 3. The third-order valence-corrected chi connectivity index (χ3v) is 6.33. The number of hydrogen-bond donors (Lipinski definition) is 0. The number of carbonyl (C=O) groups excluding carboxylic acids is 1. The predicted octanol–water partition coefficient (Wildman–Crippen LogP) is 4.39. The first-order chi connectivity index (χ1) is 15.0. The molecule has 6 nitrogen and oxygen atoms in total. The number of anilines is 1. The summed E-state index contributed by atoms with van der Waals surface area (Å²) in [4.78, 5) is 18.4. The van der Waals surface area contributed by atoms with Gasteiger partial charge in [-0.3, -0.25) is 0 Å². The zero-order valence-corrected chi connectivity index (χ0v) is 18.8. The van der Waals surface area contributed by atoms with Gasteiger partial charge in [0.15, 0.2) is 0 Å². The molecule has 1 spiro atoms. The first-order valence-electron chi connectivity index (χ1n) is 11.2. The van der Waals surface area contributed by atoms with Crippen molar-refractivity contribution in [3.63, 3.8) is 0 Å². The summed E-state index contributed by atoms with van der Waals surface area (Å²) in [7, 11) is 3.62. The smallest absolute Gasteiger partial charge is 0.319 e. The Balaban J connectivity index is 1.55. The van der Waals surface area contributed by atoms with Gasteiger partial charge in [0.2, 0.25) is 0 Å². The molecule has 2 aliphatic rings. The molecule has 2 amide bonds. The molecular weight excluding hydrogens is 390 g/mol. The summed E-state index contributed by atoms with van der Waals surface area (Å²) >= 11 is 0. The van der Waals surface area contributed by atoms with E-state index in [2.05, 4.69) is 35.2 Å². The highest BCUT2D eigenvalue weighted by Gasteiger charge is 2.40. The maximum Gasteiger partial charge on any atom is 0.319 e. The largest absolute Gasteiger partial charge is 0.494 e. The molecule has 0 unspecified atom stereocenters. The highest BCUT2D eigenvalue weighted by Crippen LogP contribution is 2.41. The maximum absolute atomic E-state index is 12.4. The van der Waals surface area contributed by atoms with Crippen LogP contribution in [0.3, 0.4) is 0 Å². The lowest BCUT2D eigenvalue weighted by atomic mass is 9.87. The van der Waals surface area contributed by atoms with Gasteiger partial charge in [-0.2, -0.15) is 0 Å². The number of amides is 2. The molecule has 0 aliphatic carbocycles. The summed E-state index contributed by atoms with van der Waals surface area (Å²) in [5.41, 5.74) is 2.08. The average Bonchev–Trinajstić information content (AvgIpc) is 2.92. The Morgan fingerprint density at radius 3 is 2.45 bits per heavy atom. The summed E-state index contributed by atoms with van der Waals surface area (Å²) < 4.78 is 12.6. The Labute approximate surface area is 185 Å². The van der Waals surface area contributed by atoms with E-state index in [0.29, 0.717) is 6.61 Å². The standard InChI is InChI=1S/C25H33N3O3/c1-4-30-22-11-7-5-9-20(22)19-28-18-15-25(31-23-12-8-6-10-21(23)28)13-16-27(17-14-25)24(29)26(2)3/h5-12H,4,13-19H2,1-3H3. The van der Waals surface area contributed by atoms with E-state index in [1.165, 1.54) is 5.56 Å². The lowest BCUT2D eigenvalue weighted by Gasteiger charge is -2.41. The fraction of sp³-hybridized carbons (Fsp3) is 0.480. The van der Waals surface area contributed by atoms with Crippen LogP contribution in [0.25, 0.3) is 0 Å². The molecule has 2 aliphatic heterocycles. The second-order valence-corrected chi connectivity index (χ2v) is 8.63. The highest BCUT2D eigenvalue weighted by atomic mass is 16.5. The zero-order chi connectivity index (χ0) is 21.8. The van der Waals surface area contributed by atoms with Crippen molar-refractivity contribution < 1.29 is 14.3 Å². The van der Waals surface area contributed by atoms with Crippen LogP contribution in [0.5, 0.6) is 11.5 Å². The molecule has 0 atom stereocenters. The van der Waals surface area contributed by atoms with Crippen molar-refractivity contribution in [3.8, 4) is 11.5 Å². The fourth-order valence-electron chi connectivity index (χ4n) is 4.59. The molecule has 0 saturated carbocycles. The summed E-state index contributed by atoms with van der Waals surface area (Å²) in [5.74, 6) is 1.87. The number of likely N-dealkylation sites (tertiary alicyclic amines) is 1. The lowest BCUT2D eigenvalue weighted by Crippen LogP contribution is -2.52. The van der Waals surface area contributed by atoms with Crippen molar-refractivity contribution in [1.29, 1.82) is 0 Å². The van der Waals surface area contributed by atoms with Crippen LogP contribution in [0.2, 0.25) is 0 Å². The molecule has 0 aromatic heterocycles. The molecule has 2 aromatic carbocycles. The Bertz CT molecular complexity index is 906. The van der Waals surface area contributed by atoms with Crippen LogP contribution in [-0.4, -0.2) is 61.8 Å². The van der Waals surface area contributed by atoms with Crippen LogP contribution in [0.4, 0.5) is 10.5 Å². The van der Waals surface area contributed by atoms with Crippen molar-refractivity contribution >= 4 is 11.7 Å². The number of ether oxygens (including phenoxy) is 2. The minimum absolute atomic E-state index is 0.0815. The van der Waals surface area contributed by atoms with E-state index < -0.39 is 0 Å². The second kappa shape index (κ2) is 9.08. The highest BCUT2D eigenvalue weighted by molar-refractivity contribution is 5.74. The van der Waals surface area contributed by atoms with Gasteiger partial charge >= 0.3 is 6.03 Å². The minimum atomic E-state index is -0.229. The van der Waals surface area contributed by atoms with E-state index in [1.807, 2.05) is 44.1 Å². The summed E-state index contributed by atoms with van der Waals surface area (Å²) in [5, 5.41) is 0. The first-order valence-corrected chi connectivity index (χ1v) is 11.2. The van der Waals surface area contributed by atoms with E-state index in [-0.39, 0.29) is 11.6 Å². The van der Waals surface area contributed by atoms with Gasteiger partial charge in [0.1, 0.15) is 17.1 Å². The Morgan fingerprint density at radius 2 is 1.71 bits per heavy atom. The molecule has 2 heterocycles. The van der Waals surface area contributed by atoms with Crippen molar-refractivity contribution in [2.24, 2.45) is 0 Å². The number of piperidine rings is 1.